The van der Waals surface area contributed by atoms with Gasteiger partial charge in [-0.3, -0.25) is 10.1 Å². The zero-order valence-electron chi connectivity index (χ0n) is 8.17. The molecule has 0 aliphatic carbocycles. The largest absolute Gasteiger partial charge is 0.324 e. The second kappa shape index (κ2) is 4.09. The molecule has 1 heterocycles. The number of urea groups is 1. The first-order valence-electron chi connectivity index (χ1n) is 4.59. The van der Waals surface area contributed by atoms with E-state index >= 15 is 0 Å². The molecule has 84 valence electrons. The normalized spacial score (nSPS) is 15.5. The van der Waals surface area contributed by atoms with E-state index in [4.69, 9.17) is 11.6 Å². The second-order valence-electron chi connectivity index (χ2n) is 3.45. The SMILES string of the molecule is O=C1CN(Cc2cc(Cl)ccc2F)C(=O)N1. The maximum Gasteiger partial charge on any atom is 0.324 e. The molecule has 3 amide bonds. The molecule has 0 radical (unpaired) electrons. The molecule has 0 spiro atoms. The van der Waals surface area contributed by atoms with Crippen LogP contribution in [0, 0.1) is 5.82 Å². The Kier molecular flexibility index (Phi) is 2.78. The van der Waals surface area contributed by atoms with Crippen LogP contribution in [0.4, 0.5) is 9.18 Å². The van der Waals surface area contributed by atoms with Crippen LogP contribution in [0.3, 0.4) is 0 Å². The van der Waals surface area contributed by atoms with Crippen LogP contribution in [0.25, 0.3) is 0 Å². The number of nitrogens with zero attached hydrogens (tertiary/aromatic N) is 1. The predicted octanol–water partition coefficient (Wildman–Crippen LogP) is 1.53. The van der Waals surface area contributed by atoms with Gasteiger partial charge < -0.3 is 4.90 Å². The second-order valence-corrected chi connectivity index (χ2v) is 3.88. The van der Waals surface area contributed by atoms with Crippen molar-refractivity contribution in [2.45, 2.75) is 6.54 Å². The standard InChI is InChI=1S/C10H8ClFN2O2/c11-7-1-2-8(12)6(3-7)4-14-5-9(15)13-10(14)16/h1-3H,4-5H2,(H,13,15,16). The topological polar surface area (TPSA) is 49.4 Å². The van der Waals surface area contributed by atoms with Gasteiger partial charge in [0.1, 0.15) is 12.4 Å². The monoisotopic (exact) mass is 242 g/mol. The molecule has 1 N–H and O–H groups in total. The lowest BCUT2D eigenvalue weighted by Crippen LogP contribution is -2.28. The average molecular weight is 243 g/mol. The zero-order valence-corrected chi connectivity index (χ0v) is 8.92. The van der Waals surface area contributed by atoms with Crippen molar-refractivity contribution in [2.24, 2.45) is 0 Å². The Labute approximate surface area is 96.0 Å². The molecule has 1 fully saturated rings. The highest BCUT2D eigenvalue weighted by Crippen LogP contribution is 2.17. The first kappa shape index (κ1) is 10.9. The number of carbonyl (C=O) groups excluding carboxylic acids is 2. The Morgan fingerprint density at radius 2 is 2.19 bits per heavy atom. The fraction of sp³-hybridized carbons (Fsp3) is 0.200. The molecule has 0 unspecified atom stereocenters. The van der Waals surface area contributed by atoms with Gasteiger partial charge in [0, 0.05) is 10.6 Å². The molecule has 1 aliphatic heterocycles. The number of imide groups is 1. The van der Waals surface area contributed by atoms with Crippen molar-refractivity contribution in [1.29, 1.82) is 0 Å². The molecular weight excluding hydrogens is 235 g/mol. The van der Waals surface area contributed by atoms with E-state index in [2.05, 4.69) is 5.32 Å². The molecule has 4 nitrogen and oxygen atoms in total. The number of hydrogen-bond acceptors (Lipinski definition) is 2. The van der Waals surface area contributed by atoms with Crippen LogP contribution in [-0.2, 0) is 11.3 Å². The summed E-state index contributed by atoms with van der Waals surface area (Å²) in [7, 11) is 0. The van der Waals surface area contributed by atoms with Gasteiger partial charge in [-0.25, -0.2) is 9.18 Å². The van der Waals surface area contributed by atoms with Crippen molar-refractivity contribution >= 4 is 23.5 Å². The Bertz CT molecular complexity index is 464. The lowest BCUT2D eigenvalue weighted by molar-refractivity contribution is -0.118. The van der Waals surface area contributed by atoms with Gasteiger partial charge in [0.25, 0.3) is 0 Å². The molecule has 1 aromatic rings. The number of benzene rings is 1. The van der Waals surface area contributed by atoms with Crippen molar-refractivity contribution in [3.63, 3.8) is 0 Å². The fourth-order valence-electron chi connectivity index (χ4n) is 1.48. The third-order valence-electron chi connectivity index (χ3n) is 2.24. The minimum Gasteiger partial charge on any atom is -0.311 e. The Hall–Kier alpha value is -1.62. The molecule has 0 saturated carbocycles. The van der Waals surface area contributed by atoms with Crippen molar-refractivity contribution in [1.82, 2.24) is 10.2 Å². The van der Waals surface area contributed by atoms with Crippen LogP contribution in [0.15, 0.2) is 18.2 Å². The highest BCUT2D eigenvalue weighted by Gasteiger charge is 2.27. The summed E-state index contributed by atoms with van der Waals surface area (Å²) >= 11 is 5.71. The van der Waals surface area contributed by atoms with Gasteiger partial charge in [0.15, 0.2) is 0 Å². The van der Waals surface area contributed by atoms with Crippen LogP contribution >= 0.6 is 11.6 Å². The Balaban J connectivity index is 2.18. The summed E-state index contributed by atoms with van der Waals surface area (Å²) in [6.45, 7) is -0.0191. The van der Waals surface area contributed by atoms with E-state index in [-0.39, 0.29) is 24.6 Å². The van der Waals surface area contributed by atoms with Crippen LogP contribution in [-0.4, -0.2) is 23.4 Å². The molecule has 6 heteroatoms. The number of nitrogens with one attached hydrogen (secondary N) is 1. The minimum absolute atomic E-state index is 0.0317. The number of halogens is 2. The fourth-order valence-corrected chi connectivity index (χ4v) is 1.68. The lowest BCUT2D eigenvalue weighted by Gasteiger charge is -2.13. The van der Waals surface area contributed by atoms with Gasteiger partial charge in [-0.15, -0.1) is 0 Å². The maximum absolute atomic E-state index is 13.3. The minimum atomic E-state index is -0.510. The summed E-state index contributed by atoms with van der Waals surface area (Å²) in [6.07, 6.45) is 0. The molecule has 16 heavy (non-hydrogen) atoms. The first-order valence-corrected chi connectivity index (χ1v) is 4.97. The van der Waals surface area contributed by atoms with Crippen molar-refractivity contribution in [3.8, 4) is 0 Å². The quantitative estimate of drug-likeness (QED) is 0.800. The van der Waals surface area contributed by atoms with E-state index in [0.29, 0.717) is 5.02 Å². The molecule has 1 aromatic carbocycles. The summed E-state index contributed by atoms with van der Waals surface area (Å²) < 4.78 is 13.3. The van der Waals surface area contributed by atoms with Gasteiger partial charge >= 0.3 is 6.03 Å². The van der Waals surface area contributed by atoms with E-state index in [1.54, 1.807) is 0 Å². The summed E-state index contributed by atoms with van der Waals surface area (Å²) in [5.41, 5.74) is 0.289. The number of rotatable bonds is 2. The third kappa shape index (κ3) is 2.14. The van der Waals surface area contributed by atoms with Crippen molar-refractivity contribution in [3.05, 3.63) is 34.6 Å². The van der Waals surface area contributed by atoms with E-state index in [1.807, 2.05) is 0 Å². The van der Waals surface area contributed by atoms with Gasteiger partial charge in [0.05, 0.1) is 6.54 Å². The molecule has 1 saturated heterocycles. The van der Waals surface area contributed by atoms with Gasteiger partial charge in [-0.1, -0.05) is 11.6 Å². The number of amides is 3. The molecule has 1 aliphatic rings. The summed E-state index contributed by atoms with van der Waals surface area (Å²) in [5, 5.41) is 2.50. The van der Waals surface area contributed by atoms with E-state index in [9.17, 15) is 14.0 Å². The van der Waals surface area contributed by atoms with Gasteiger partial charge in [-0.2, -0.15) is 0 Å². The first-order chi connectivity index (χ1) is 7.56. The molecule has 0 atom stereocenters. The van der Waals surface area contributed by atoms with Crippen LogP contribution < -0.4 is 5.32 Å². The molecular formula is C10H8ClFN2O2. The van der Waals surface area contributed by atoms with Crippen LogP contribution in [0.2, 0.25) is 5.02 Å². The summed E-state index contributed by atoms with van der Waals surface area (Å²) in [5.74, 6) is -0.830. The van der Waals surface area contributed by atoms with Crippen molar-refractivity contribution < 1.29 is 14.0 Å². The van der Waals surface area contributed by atoms with Gasteiger partial charge in [0.2, 0.25) is 5.91 Å². The predicted molar refractivity (Wildman–Crippen MR) is 55.4 cm³/mol. The molecule has 2 rings (SSSR count). The number of carbonyl (C=O) groups is 2. The average Bonchev–Trinajstić information content (AvgIpc) is 2.51. The lowest BCUT2D eigenvalue weighted by atomic mass is 10.2. The Morgan fingerprint density at radius 3 is 2.81 bits per heavy atom. The van der Waals surface area contributed by atoms with E-state index in [1.165, 1.54) is 23.1 Å². The van der Waals surface area contributed by atoms with Gasteiger partial charge in [-0.05, 0) is 18.2 Å². The van der Waals surface area contributed by atoms with E-state index in [0.717, 1.165) is 0 Å². The zero-order chi connectivity index (χ0) is 11.7. The number of hydrogen-bond donors (Lipinski definition) is 1. The summed E-state index contributed by atoms with van der Waals surface area (Å²) in [4.78, 5) is 23.4. The molecule has 0 bridgehead atoms. The van der Waals surface area contributed by atoms with Crippen molar-refractivity contribution in [2.75, 3.05) is 6.54 Å². The maximum atomic E-state index is 13.3. The van der Waals surface area contributed by atoms with Crippen LogP contribution in [0.1, 0.15) is 5.56 Å². The van der Waals surface area contributed by atoms with E-state index < -0.39 is 11.8 Å². The van der Waals surface area contributed by atoms with Crippen LogP contribution in [0.5, 0.6) is 0 Å². The third-order valence-corrected chi connectivity index (χ3v) is 2.47. The highest BCUT2D eigenvalue weighted by atomic mass is 35.5. The summed E-state index contributed by atoms with van der Waals surface area (Å²) in [6, 6.07) is 3.58. The molecule has 0 aromatic heterocycles. The Morgan fingerprint density at radius 1 is 1.44 bits per heavy atom. The smallest absolute Gasteiger partial charge is 0.311 e. The highest BCUT2D eigenvalue weighted by molar-refractivity contribution is 6.30.